The molecule has 1 aromatic heterocycles. The van der Waals surface area contributed by atoms with Gasteiger partial charge < -0.3 is 14.4 Å². The molecule has 0 aliphatic carbocycles. The average molecular weight is 317 g/mol. The first-order valence-electron chi connectivity index (χ1n) is 6.84. The number of aliphatic hydroxyl groups excluding tert-OH is 1. The Kier molecular flexibility index (Phi) is 4.08. The van der Waals surface area contributed by atoms with Gasteiger partial charge in [0.1, 0.15) is 23.1 Å². The van der Waals surface area contributed by atoms with Gasteiger partial charge in [0.25, 0.3) is 0 Å². The minimum atomic E-state index is -0.769. The highest BCUT2D eigenvalue weighted by atomic mass is 19.1. The van der Waals surface area contributed by atoms with Crippen molar-refractivity contribution in [1.82, 2.24) is 5.16 Å². The van der Waals surface area contributed by atoms with Crippen LogP contribution in [-0.2, 0) is 6.61 Å². The highest BCUT2D eigenvalue weighted by Crippen LogP contribution is 2.35. The third-order valence-corrected chi connectivity index (χ3v) is 3.50. The van der Waals surface area contributed by atoms with E-state index in [-0.39, 0.29) is 22.6 Å². The highest BCUT2D eigenvalue weighted by Gasteiger charge is 2.23. The molecule has 0 bridgehead atoms. The van der Waals surface area contributed by atoms with Crippen molar-refractivity contribution >= 4 is 0 Å². The largest absolute Gasteiger partial charge is 0.497 e. The maximum Gasteiger partial charge on any atom is 0.173 e. The van der Waals surface area contributed by atoms with Crippen molar-refractivity contribution in [2.45, 2.75) is 6.61 Å². The summed E-state index contributed by atoms with van der Waals surface area (Å²) in [4.78, 5) is 0. The lowest BCUT2D eigenvalue weighted by Gasteiger charge is -2.04. The van der Waals surface area contributed by atoms with Crippen molar-refractivity contribution in [3.8, 4) is 28.3 Å². The summed E-state index contributed by atoms with van der Waals surface area (Å²) < 4.78 is 38.2. The summed E-state index contributed by atoms with van der Waals surface area (Å²) >= 11 is 0. The number of aromatic nitrogens is 1. The standard InChI is InChI=1S/C17H13F2NO3/c1-22-11-7-5-10(6-8-11)17-12(9-21)16(20-23-17)15-13(18)3-2-4-14(15)19/h2-8,21H,9H2,1H3. The number of hydrogen-bond acceptors (Lipinski definition) is 4. The van der Waals surface area contributed by atoms with E-state index in [1.165, 1.54) is 6.07 Å². The number of halogens is 2. The van der Waals surface area contributed by atoms with Crippen LogP contribution in [0, 0.1) is 11.6 Å². The molecule has 23 heavy (non-hydrogen) atoms. The van der Waals surface area contributed by atoms with Crippen LogP contribution in [0.5, 0.6) is 5.75 Å². The number of nitrogens with zero attached hydrogens (tertiary/aromatic N) is 1. The molecule has 0 amide bonds. The summed E-state index contributed by atoms with van der Waals surface area (Å²) in [6, 6.07) is 10.4. The molecule has 3 aromatic rings. The number of hydrogen-bond donors (Lipinski definition) is 1. The van der Waals surface area contributed by atoms with Gasteiger partial charge in [0.2, 0.25) is 0 Å². The summed E-state index contributed by atoms with van der Waals surface area (Å²) in [5.41, 5.74) is 0.471. The molecular formula is C17H13F2NO3. The zero-order chi connectivity index (χ0) is 16.4. The van der Waals surface area contributed by atoms with Gasteiger partial charge in [0.15, 0.2) is 5.76 Å². The molecule has 118 valence electrons. The second-order valence-corrected chi connectivity index (χ2v) is 4.82. The Hall–Kier alpha value is -2.73. The first kappa shape index (κ1) is 15.2. The van der Waals surface area contributed by atoms with Gasteiger partial charge in [0, 0.05) is 5.56 Å². The van der Waals surface area contributed by atoms with Crippen molar-refractivity contribution in [2.75, 3.05) is 7.11 Å². The van der Waals surface area contributed by atoms with Gasteiger partial charge in [-0.25, -0.2) is 8.78 Å². The van der Waals surface area contributed by atoms with E-state index >= 15 is 0 Å². The van der Waals surface area contributed by atoms with Gasteiger partial charge in [-0.15, -0.1) is 0 Å². The first-order valence-corrected chi connectivity index (χ1v) is 6.84. The number of rotatable bonds is 4. The highest BCUT2D eigenvalue weighted by molar-refractivity contribution is 5.73. The monoisotopic (exact) mass is 317 g/mol. The van der Waals surface area contributed by atoms with Crippen LogP contribution in [0.15, 0.2) is 47.0 Å². The third-order valence-electron chi connectivity index (χ3n) is 3.50. The van der Waals surface area contributed by atoms with E-state index < -0.39 is 18.2 Å². The minimum Gasteiger partial charge on any atom is -0.497 e. The second kappa shape index (κ2) is 6.18. The topological polar surface area (TPSA) is 55.5 Å². The van der Waals surface area contributed by atoms with E-state index in [4.69, 9.17) is 9.26 Å². The van der Waals surface area contributed by atoms with Gasteiger partial charge in [-0.3, -0.25) is 0 Å². The lowest BCUT2D eigenvalue weighted by Crippen LogP contribution is -1.95. The number of aliphatic hydroxyl groups is 1. The fraction of sp³-hybridized carbons (Fsp3) is 0.118. The quantitative estimate of drug-likeness (QED) is 0.795. The molecule has 6 heteroatoms. The molecular weight excluding hydrogens is 304 g/mol. The van der Waals surface area contributed by atoms with E-state index in [0.29, 0.717) is 11.3 Å². The number of ether oxygens (including phenoxy) is 1. The molecule has 3 rings (SSSR count). The van der Waals surface area contributed by atoms with Crippen LogP contribution in [0.2, 0.25) is 0 Å². The van der Waals surface area contributed by atoms with E-state index in [1.54, 1.807) is 31.4 Å². The fourth-order valence-electron chi connectivity index (χ4n) is 2.35. The third kappa shape index (κ3) is 2.68. The van der Waals surface area contributed by atoms with Crippen molar-refractivity contribution < 1.29 is 23.1 Å². The van der Waals surface area contributed by atoms with E-state index in [9.17, 15) is 13.9 Å². The number of benzene rings is 2. The molecule has 1 N–H and O–H groups in total. The fourth-order valence-corrected chi connectivity index (χ4v) is 2.35. The molecule has 2 aromatic carbocycles. The smallest absolute Gasteiger partial charge is 0.173 e. The molecule has 0 radical (unpaired) electrons. The predicted octanol–water partition coefficient (Wildman–Crippen LogP) is 3.79. The Balaban J connectivity index is 2.13. The van der Waals surface area contributed by atoms with Crippen molar-refractivity contribution in [3.05, 3.63) is 59.7 Å². The lowest BCUT2D eigenvalue weighted by molar-refractivity contribution is 0.281. The van der Waals surface area contributed by atoms with Crippen LogP contribution in [-0.4, -0.2) is 17.4 Å². The molecule has 4 nitrogen and oxygen atoms in total. The normalized spacial score (nSPS) is 10.8. The average Bonchev–Trinajstić information content (AvgIpc) is 2.98. The van der Waals surface area contributed by atoms with Gasteiger partial charge in [-0.05, 0) is 36.4 Å². The minimum absolute atomic E-state index is 0.0473. The Morgan fingerprint density at radius 3 is 2.30 bits per heavy atom. The van der Waals surface area contributed by atoms with Gasteiger partial charge in [0.05, 0.1) is 24.8 Å². The van der Waals surface area contributed by atoms with Crippen molar-refractivity contribution in [2.24, 2.45) is 0 Å². The van der Waals surface area contributed by atoms with Gasteiger partial charge >= 0.3 is 0 Å². The van der Waals surface area contributed by atoms with Crippen LogP contribution in [0.25, 0.3) is 22.6 Å². The maximum absolute atomic E-state index is 13.9. The van der Waals surface area contributed by atoms with Crippen LogP contribution in [0.4, 0.5) is 8.78 Å². The summed E-state index contributed by atoms with van der Waals surface area (Å²) in [6.07, 6.45) is 0. The Morgan fingerprint density at radius 2 is 1.74 bits per heavy atom. The summed E-state index contributed by atoms with van der Waals surface area (Å²) in [6.45, 7) is -0.464. The molecule has 0 aliphatic heterocycles. The van der Waals surface area contributed by atoms with Gasteiger partial charge in [-0.2, -0.15) is 0 Å². The lowest BCUT2D eigenvalue weighted by atomic mass is 10.0. The van der Waals surface area contributed by atoms with Crippen molar-refractivity contribution in [1.29, 1.82) is 0 Å². The van der Waals surface area contributed by atoms with Crippen LogP contribution >= 0.6 is 0 Å². The molecule has 0 fully saturated rings. The molecule has 0 saturated heterocycles. The maximum atomic E-state index is 13.9. The predicted molar refractivity (Wildman–Crippen MR) is 79.8 cm³/mol. The summed E-state index contributed by atoms with van der Waals surface area (Å²) in [5, 5.41) is 13.4. The zero-order valence-electron chi connectivity index (χ0n) is 12.2. The van der Waals surface area contributed by atoms with Gasteiger partial charge in [-0.1, -0.05) is 11.2 Å². The summed E-state index contributed by atoms with van der Waals surface area (Å²) in [7, 11) is 1.54. The molecule has 0 aliphatic rings. The number of methoxy groups -OCH3 is 1. The SMILES string of the molecule is COc1ccc(-c2onc(-c3c(F)cccc3F)c2CO)cc1. The van der Waals surface area contributed by atoms with E-state index in [2.05, 4.69) is 5.16 Å². The Morgan fingerprint density at radius 1 is 1.09 bits per heavy atom. The van der Waals surface area contributed by atoms with E-state index in [0.717, 1.165) is 12.1 Å². The van der Waals surface area contributed by atoms with Crippen LogP contribution in [0.3, 0.4) is 0 Å². The zero-order valence-corrected chi connectivity index (χ0v) is 12.2. The first-order chi connectivity index (χ1) is 11.2. The molecule has 0 unspecified atom stereocenters. The second-order valence-electron chi connectivity index (χ2n) is 4.82. The molecule has 0 spiro atoms. The van der Waals surface area contributed by atoms with Crippen molar-refractivity contribution in [3.63, 3.8) is 0 Å². The molecule has 0 saturated carbocycles. The van der Waals surface area contributed by atoms with E-state index in [1.807, 2.05) is 0 Å². The molecule has 1 heterocycles. The van der Waals surface area contributed by atoms with Crippen LogP contribution < -0.4 is 4.74 Å². The Labute approximate surface area is 130 Å². The van der Waals surface area contributed by atoms with Crippen LogP contribution in [0.1, 0.15) is 5.56 Å². The molecule has 0 atom stereocenters. The summed E-state index contributed by atoms with van der Waals surface area (Å²) in [5.74, 6) is -0.629. The Bertz CT molecular complexity index is 808.